The first kappa shape index (κ1) is 19.0. The first-order chi connectivity index (χ1) is 13.9. The molecule has 2 aromatic heterocycles. The molecule has 4 aromatic rings. The highest BCUT2D eigenvalue weighted by Gasteiger charge is 2.22. The minimum absolute atomic E-state index is 0.223. The zero-order valence-corrected chi connectivity index (χ0v) is 16.0. The molecule has 0 aliphatic heterocycles. The Morgan fingerprint density at radius 2 is 2.07 bits per heavy atom. The Balaban J connectivity index is 1.50. The van der Waals surface area contributed by atoms with E-state index in [4.69, 9.17) is 4.42 Å². The van der Waals surface area contributed by atoms with Crippen molar-refractivity contribution in [2.45, 2.75) is 19.4 Å². The molecule has 0 fully saturated rings. The van der Waals surface area contributed by atoms with Crippen molar-refractivity contribution in [1.29, 1.82) is 0 Å². The number of aromatic nitrogens is 2. The fraction of sp³-hybridized carbons (Fsp3) is 0.150. The van der Waals surface area contributed by atoms with Crippen LogP contribution in [0.5, 0.6) is 0 Å². The maximum atomic E-state index is 13.8. The predicted octanol–water partition coefficient (Wildman–Crippen LogP) is 4.12. The van der Waals surface area contributed by atoms with E-state index in [1.807, 2.05) is 0 Å². The van der Waals surface area contributed by atoms with Crippen LogP contribution in [0.25, 0.3) is 11.1 Å². The number of amides is 1. The van der Waals surface area contributed by atoms with Crippen molar-refractivity contribution in [2.24, 2.45) is 0 Å². The lowest BCUT2D eigenvalue weighted by molar-refractivity contribution is -0.118. The molecule has 0 bridgehead atoms. The van der Waals surface area contributed by atoms with Gasteiger partial charge in [0, 0.05) is 23.6 Å². The lowest BCUT2D eigenvalue weighted by Gasteiger charge is -2.11. The molecule has 0 aliphatic rings. The van der Waals surface area contributed by atoms with Crippen LogP contribution in [0.15, 0.2) is 57.9 Å². The highest BCUT2D eigenvalue weighted by molar-refractivity contribution is 7.15. The van der Waals surface area contributed by atoms with E-state index in [1.54, 1.807) is 31.2 Å². The summed E-state index contributed by atoms with van der Waals surface area (Å²) < 4.78 is 33.3. The van der Waals surface area contributed by atoms with Crippen LogP contribution in [-0.2, 0) is 11.2 Å². The lowest BCUT2D eigenvalue weighted by Crippen LogP contribution is -2.29. The molecule has 1 N–H and O–H groups in total. The van der Waals surface area contributed by atoms with Crippen molar-refractivity contribution < 1.29 is 18.0 Å². The number of nitrogens with zero attached hydrogens (tertiary/aromatic N) is 2. The number of hydrogen-bond donors (Lipinski definition) is 1. The second kappa shape index (κ2) is 7.59. The van der Waals surface area contributed by atoms with Gasteiger partial charge in [-0.05, 0) is 30.7 Å². The van der Waals surface area contributed by atoms with Gasteiger partial charge < -0.3 is 9.73 Å². The van der Waals surface area contributed by atoms with Gasteiger partial charge in [0.2, 0.25) is 5.91 Å². The van der Waals surface area contributed by atoms with Gasteiger partial charge in [-0.1, -0.05) is 18.2 Å². The predicted molar refractivity (Wildman–Crippen MR) is 105 cm³/mol. The first-order valence-electron chi connectivity index (χ1n) is 8.72. The molecule has 0 saturated heterocycles. The van der Waals surface area contributed by atoms with Gasteiger partial charge in [-0.3, -0.25) is 9.36 Å². The summed E-state index contributed by atoms with van der Waals surface area (Å²) in [5, 5.41) is 2.98. The molecule has 0 spiro atoms. The quantitative estimate of drug-likeness (QED) is 0.532. The van der Waals surface area contributed by atoms with Gasteiger partial charge in [0.15, 0.2) is 10.7 Å². The van der Waals surface area contributed by atoms with Crippen LogP contribution in [0.1, 0.15) is 23.4 Å². The first-order valence-corrected chi connectivity index (χ1v) is 9.53. The normalized spacial score (nSPS) is 12.2. The topological polar surface area (TPSA) is 77.1 Å². The van der Waals surface area contributed by atoms with Crippen LogP contribution in [-0.4, -0.2) is 15.5 Å². The Kier molecular flexibility index (Phi) is 4.98. The van der Waals surface area contributed by atoms with E-state index in [9.17, 15) is 18.4 Å². The monoisotopic (exact) mass is 415 g/mol. The zero-order chi connectivity index (χ0) is 20.5. The molecule has 1 amide bonds. The number of para-hydroxylation sites is 2. The van der Waals surface area contributed by atoms with Gasteiger partial charge in [0.05, 0.1) is 5.52 Å². The largest absolute Gasteiger partial charge is 0.420 e. The summed E-state index contributed by atoms with van der Waals surface area (Å²) in [6, 6.07) is 9.41. The number of benzene rings is 2. The Labute approximate surface area is 167 Å². The molecule has 9 heteroatoms. The number of hydrogen-bond acceptors (Lipinski definition) is 5. The van der Waals surface area contributed by atoms with Crippen molar-refractivity contribution in [3.05, 3.63) is 81.3 Å². The van der Waals surface area contributed by atoms with E-state index >= 15 is 0 Å². The second-order valence-electron chi connectivity index (χ2n) is 6.42. The van der Waals surface area contributed by atoms with Crippen molar-refractivity contribution in [3.8, 4) is 0 Å². The minimum atomic E-state index is -0.826. The summed E-state index contributed by atoms with van der Waals surface area (Å²) in [5.74, 6) is -2.34. The number of rotatable bonds is 5. The van der Waals surface area contributed by atoms with Crippen molar-refractivity contribution in [1.82, 2.24) is 9.55 Å². The average Bonchev–Trinajstić information content (AvgIpc) is 3.26. The Bertz CT molecular complexity index is 1260. The third kappa shape index (κ3) is 3.81. The zero-order valence-electron chi connectivity index (χ0n) is 15.2. The van der Waals surface area contributed by atoms with E-state index in [-0.39, 0.29) is 6.42 Å². The molecule has 2 heterocycles. The molecule has 0 aliphatic carbocycles. The SMILES string of the molecule is CC(C(=O)Nc1ncc(Cc2ccc(F)cc2F)s1)n1c(=O)oc2ccccc21. The summed E-state index contributed by atoms with van der Waals surface area (Å²) in [4.78, 5) is 29.6. The van der Waals surface area contributed by atoms with Crippen LogP contribution in [0.4, 0.5) is 13.9 Å². The molecule has 0 radical (unpaired) electrons. The Hall–Kier alpha value is -3.33. The molecule has 6 nitrogen and oxygen atoms in total. The summed E-state index contributed by atoms with van der Waals surface area (Å²) in [6.45, 7) is 1.58. The van der Waals surface area contributed by atoms with E-state index in [0.717, 1.165) is 6.07 Å². The average molecular weight is 415 g/mol. The molecule has 1 unspecified atom stereocenters. The third-order valence-electron chi connectivity index (χ3n) is 4.45. The number of carbonyl (C=O) groups excluding carboxylic acids is 1. The maximum absolute atomic E-state index is 13.8. The number of fused-ring (bicyclic) bond motifs is 1. The molecular weight excluding hydrogens is 400 g/mol. The van der Waals surface area contributed by atoms with Crippen molar-refractivity contribution in [3.63, 3.8) is 0 Å². The molecular formula is C20H15F2N3O3S. The Morgan fingerprint density at radius 1 is 1.28 bits per heavy atom. The van der Waals surface area contributed by atoms with Crippen LogP contribution in [0.3, 0.4) is 0 Å². The van der Waals surface area contributed by atoms with Crippen molar-refractivity contribution in [2.75, 3.05) is 5.32 Å². The van der Waals surface area contributed by atoms with Gasteiger partial charge in [-0.2, -0.15) is 0 Å². The smallest absolute Gasteiger partial charge is 0.408 e. The molecule has 29 heavy (non-hydrogen) atoms. The van der Waals surface area contributed by atoms with E-state index < -0.39 is 29.3 Å². The van der Waals surface area contributed by atoms with Crippen LogP contribution < -0.4 is 11.1 Å². The summed E-state index contributed by atoms with van der Waals surface area (Å²) >= 11 is 1.18. The lowest BCUT2D eigenvalue weighted by atomic mass is 10.1. The highest BCUT2D eigenvalue weighted by atomic mass is 32.1. The molecule has 2 aromatic carbocycles. The number of thiazole rings is 1. The van der Waals surface area contributed by atoms with Gasteiger partial charge in [-0.25, -0.2) is 18.6 Å². The molecule has 1 atom stereocenters. The van der Waals surface area contributed by atoms with Crippen molar-refractivity contribution >= 4 is 33.5 Å². The van der Waals surface area contributed by atoms with Crippen LogP contribution in [0, 0.1) is 11.6 Å². The van der Waals surface area contributed by atoms with Gasteiger partial charge >= 0.3 is 5.76 Å². The van der Waals surface area contributed by atoms with Crippen LogP contribution >= 0.6 is 11.3 Å². The van der Waals surface area contributed by atoms with E-state index in [1.165, 1.54) is 34.2 Å². The Morgan fingerprint density at radius 3 is 2.86 bits per heavy atom. The van der Waals surface area contributed by atoms with Gasteiger partial charge in [0.1, 0.15) is 17.7 Å². The summed E-state index contributed by atoms with van der Waals surface area (Å²) in [7, 11) is 0. The number of nitrogens with one attached hydrogen (secondary N) is 1. The summed E-state index contributed by atoms with van der Waals surface area (Å²) in [5.41, 5.74) is 1.25. The van der Waals surface area contributed by atoms with Gasteiger partial charge in [0.25, 0.3) is 0 Å². The number of halogens is 2. The minimum Gasteiger partial charge on any atom is -0.408 e. The number of carbonyl (C=O) groups is 1. The maximum Gasteiger partial charge on any atom is 0.420 e. The molecule has 148 valence electrons. The standard InChI is InChI=1S/C20H15F2N3O3S/c1-11(25-16-4-2-3-5-17(16)28-20(25)27)18(26)24-19-23-10-14(29-19)8-12-6-7-13(21)9-15(12)22/h2-7,9-11H,8H2,1H3,(H,23,24,26). The summed E-state index contributed by atoms with van der Waals surface area (Å²) in [6.07, 6.45) is 1.74. The van der Waals surface area contributed by atoms with Crippen LogP contribution in [0.2, 0.25) is 0 Å². The number of oxazole rings is 1. The van der Waals surface area contributed by atoms with Gasteiger partial charge in [-0.15, -0.1) is 11.3 Å². The molecule has 4 rings (SSSR count). The molecule has 0 saturated carbocycles. The fourth-order valence-electron chi connectivity index (χ4n) is 2.98. The highest BCUT2D eigenvalue weighted by Crippen LogP contribution is 2.24. The van der Waals surface area contributed by atoms with E-state index in [2.05, 4.69) is 10.3 Å². The second-order valence-corrected chi connectivity index (χ2v) is 7.53. The number of anilines is 1. The van der Waals surface area contributed by atoms with E-state index in [0.29, 0.717) is 26.7 Å². The fourth-order valence-corrected chi connectivity index (χ4v) is 3.82. The third-order valence-corrected chi connectivity index (χ3v) is 5.36.